The molecular formula is C19H16IN3O2S. The Morgan fingerprint density at radius 1 is 1.15 bits per heavy atom. The molecule has 0 aliphatic carbocycles. The van der Waals surface area contributed by atoms with E-state index in [9.17, 15) is 4.79 Å². The molecule has 0 unspecified atom stereocenters. The van der Waals surface area contributed by atoms with Crippen LogP contribution in [0.3, 0.4) is 0 Å². The summed E-state index contributed by atoms with van der Waals surface area (Å²) in [5.74, 6) is 0.799. The molecule has 1 aliphatic heterocycles. The molecule has 0 spiro atoms. The molecule has 0 atom stereocenters. The summed E-state index contributed by atoms with van der Waals surface area (Å²) in [6.07, 6.45) is 1.91. The molecule has 3 aromatic rings. The van der Waals surface area contributed by atoms with Gasteiger partial charge >= 0.3 is 0 Å². The van der Waals surface area contributed by atoms with E-state index in [1.54, 1.807) is 11.7 Å². The van der Waals surface area contributed by atoms with Gasteiger partial charge in [-0.2, -0.15) is 0 Å². The minimum absolute atomic E-state index is 0.000204. The first-order chi connectivity index (χ1) is 12.6. The zero-order valence-electron chi connectivity index (χ0n) is 14.1. The summed E-state index contributed by atoms with van der Waals surface area (Å²) in [7, 11) is 1.64. The smallest absolute Gasteiger partial charge is 0.271 e. The molecule has 1 aliphatic rings. The molecule has 0 N–H and O–H groups in total. The molecule has 0 amide bonds. The van der Waals surface area contributed by atoms with Crippen molar-refractivity contribution in [1.29, 1.82) is 0 Å². The fourth-order valence-corrected chi connectivity index (χ4v) is 4.10. The Kier molecular flexibility index (Phi) is 4.82. The summed E-state index contributed by atoms with van der Waals surface area (Å²) in [4.78, 5) is 20.3. The highest BCUT2D eigenvalue weighted by Gasteiger charge is 2.15. The van der Waals surface area contributed by atoms with Gasteiger partial charge in [0.1, 0.15) is 19.1 Å². The van der Waals surface area contributed by atoms with Crippen molar-refractivity contribution < 1.29 is 4.74 Å². The topological polar surface area (TPSA) is 46.8 Å². The molecule has 5 nitrogen and oxygen atoms in total. The number of nitrogens with zero attached hydrogens (tertiary/aromatic N) is 3. The minimum atomic E-state index is -0.000204. The van der Waals surface area contributed by atoms with Crippen LogP contribution >= 0.6 is 33.9 Å². The van der Waals surface area contributed by atoms with E-state index in [-0.39, 0.29) is 5.56 Å². The van der Waals surface area contributed by atoms with Crippen molar-refractivity contribution in [2.45, 2.75) is 6.67 Å². The lowest BCUT2D eigenvalue weighted by molar-refractivity contribution is 0.415. The first kappa shape index (κ1) is 17.3. The van der Waals surface area contributed by atoms with E-state index < -0.39 is 0 Å². The Bertz CT molecular complexity index is 1100. The molecule has 0 bridgehead atoms. The monoisotopic (exact) mass is 477 g/mol. The maximum absolute atomic E-state index is 12.8. The molecule has 7 heteroatoms. The molecule has 2 heterocycles. The van der Waals surface area contributed by atoms with Crippen LogP contribution in [0.25, 0.3) is 6.08 Å². The first-order valence-electron chi connectivity index (χ1n) is 8.04. The molecular weight excluding hydrogens is 461 g/mol. The molecule has 0 saturated heterocycles. The van der Waals surface area contributed by atoms with Crippen LogP contribution in [0.1, 0.15) is 5.56 Å². The number of fused-ring (bicyclic) bond motifs is 1. The van der Waals surface area contributed by atoms with Crippen LogP contribution in [0, 0.1) is 3.57 Å². The first-order valence-corrected chi connectivity index (χ1v) is 9.94. The summed E-state index contributed by atoms with van der Waals surface area (Å²) in [5.41, 5.74) is 2.04. The van der Waals surface area contributed by atoms with Gasteiger partial charge in [0.25, 0.3) is 5.56 Å². The van der Waals surface area contributed by atoms with Crippen molar-refractivity contribution in [3.8, 4) is 5.75 Å². The zero-order chi connectivity index (χ0) is 18.1. The van der Waals surface area contributed by atoms with Gasteiger partial charge < -0.3 is 9.64 Å². The Balaban J connectivity index is 1.67. The highest BCUT2D eigenvalue weighted by molar-refractivity contribution is 14.1. The highest BCUT2D eigenvalue weighted by atomic mass is 127. The van der Waals surface area contributed by atoms with Gasteiger partial charge in [0.2, 0.25) is 0 Å². The van der Waals surface area contributed by atoms with E-state index in [1.165, 1.54) is 14.9 Å². The standard InChI is InChI=1S/C19H16IN3O2S/c1-25-16-8-2-13(3-9-16)10-17-18(24)23-12-22(11-21-19(23)26-17)15-6-4-14(20)5-7-15/h2-10H,11-12H2,1H3. The van der Waals surface area contributed by atoms with Crippen LogP contribution in [-0.4, -0.2) is 18.3 Å². The molecule has 132 valence electrons. The number of ether oxygens (including phenoxy) is 1. The van der Waals surface area contributed by atoms with Gasteiger partial charge in [-0.15, -0.1) is 0 Å². The third kappa shape index (κ3) is 3.41. The zero-order valence-corrected chi connectivity index (χ0v) is 17.0. The van der Waals surface area contributed by atoms with E-state index in [1.807, 2.05) is 30.3 Å². The molecule has 4 rings (SSSR count). The average Bonchev–Trinajstić information content (AvgIpc) is 2.98. The molecule has 0 saturated carbocycles. The molecule has 1 aromatic heterocycles. The Morgan fingerprint density at radius 2 is 1.88 bits per heavy atom. The number of hydrogen-bond acceptors (Lipinski definition) is 5. The number of halogens is 1. The molecule has 2 aromatic carbocycles. The summed E-state index contributed by atoms with van der Waals surface area (Å²) in [6, 6.07) is 15.9. The third-order valence-corrected chi connectivity index (χ3v) is 5.95. The van der Waals surface area contributed by atoms with Crippen molar-refractivity contribution in [2.24, 2.45) is 4.99 Å². The fraction of sp³-hybridized carbons (Fsp3) is 0.158. The van der Waals surface area contributed by atoms with Crippen LogP contribution < -0.4 is 24.5 Å². The summed E-state index contributed by atoms with van der Waals surface area (Å²) in [6.45, 7) is 1.08. The van der Waals surface area contributed by atoms with Gasteiger partial charge in [-0.1, -0.05) is 23.5 Å². The van der Waals surface area contributed by atoms with Gasteiger partial charge in [-0.3, -0.25) is 9.36 Å². The van der Waals surface area contributed by atoms with Gasteiger partial charge in [-0.05, 0) is 70.6 Å². The van der Waals surface area contributed by atoms with Crippen LogP contribution in [0.15, 0.2) is 58.3 Å². The highest BCUT2D eigenvalue weighted by Crippen LogP contribution is 2.17. The van der Waals surface area contributed by atoms with Crippen LogP contribution in [0.4, 0.5) is 5.69 Å². The van der Waals surface area contributed by atoms with Crippen molar-refractivity contribution in [3.05, 3.63) is 77.4 Å². The second kappa shape index (κ2) is 7.24. The number of rotatable bonds is 3. The normalized spacial score (nSPS) is 14.1. The number of aromatic nitrogens is 1. The maximum Gasteiger partial charge on any atom is 0.271 e. The lowest BCUT2D eigenvalue weighted by Gasteiger charge is -2.25. The maximum atomic E-state index is 12.8. The lowest BCUT2D eigenvalue weighted by atomic mass is 10.2. The van der Waals surface area contributed by atoms with Crippen LogP contribution in [0.5, 0.6) is 5.75 Å². The predicted molar refractivity (Wildman–Crippen MR) is 112 cm³/mol. The van der Waals surface area contributed by atoms with Gasteiger partial charge in [0.05, 0.1) is 11.6 Å². The van der Waals surface area contributed by atoms with E-state index in [0.717, 1.165) is 21.8 Å². The lowest BCUT2D eigenvalue weighted by Crippen LogP contribution is -2.42. The van der Waals surface area contributed by atoms with E-state index in [2.05, 4.69) is 56.7 Å². The Hall–Kier alpha value is -2.13. The molecule has 26 heavy (non-hydrogen) atoms. The fourth-order valence-electron chi connectivity index (χ4n) is 2.78. The second-order valence-electron chi connectivity index (χ2n) is 5.86. The van der Waals surface area contributed by atoms with Crippen molar-refractivity contribution in [2.75, 3.05) is 18.7 Å². The van der Waals surface area contributed by atoms with Crippen molar-refractivity contribution in [3.63, 3.8) is 0 Å². The van der Waals surface area contributed by atoms with Crippen LogP contribution in [-0.2, 0) is 6.67 Å². The summed E-state index contributed by atoms with van der Waals surface area (Å²) in [5, 5.41) is 0. The van der Waals surface area contributed by atoms with Gasteiger partial charge in [0.15, 0.2) is 4.80 Å². The van der Waals surface area contributed by atoms with E-state index in [4.69, 9.17) is 4.74 Å². The SMILES string of the molecule is COc1ccc(C=c2sc3n(c2=O)CN(c2ccc(I)cc2)CN=3)cc1. The summed E-state index contributed by atoms with van der Waals surface area (Å²) >= 11 is 3.72. The molecule has 0 radical (unpaired) electrons. The predicted octanol–water partition coefficient (Wildman–Crippen LogP) is 2.41. The number of hydrogen-bond donors (Lipinski definition) is 0. The van der Waals surface area contributed by atoms with Crippen LogP contribution in [0.2, 0.25) is 0 Å². The Labute approximate surface area is 168 Å². The largest absolute Gasteiger partial charge is 0.497 e. The number of benzene rings is 2. The van der Waals surface area contributed by atoms with Crippen molar-refractivity contribution >= 4 is 45.7 Å². The number of anilines is 1. The third-order valence-electron chi connectivity index (χ3n) is 4.18. The quantitative estimate of drug-likeness (QED) is 0.545. The van der Waals surface area contributed by atoms with Crippen molar-refractivity contribution in [1.82, 2.24) is 4.57 Å². The minimum Gasteiger partial charge on any atom is -0.497 e. The van der Waals surface area contributed by atoms with Gasteiger partial charge in [-0.25, -0.2) is 4.99 Å². The second-order valence-corrected chi connectivity index (χ2v) is 8.11. The van der Waals surface area contributed by atoms with E-state index >= 15 is 0 Å². The number of thiazole rings is 1. The summed E-state index contributed by atoms with van der Waals surface area (Å²) < 4.78 is 8.79. The van der Waals surface area contributed by atoms with E-state index in [0.29, 0.717) is 17.9 Å². The van der Waals surface area contributed by atoms with Gasteiger partial charge in [0, 0.05) is 9.26 Å². The number of methoxy groups -OCH3 is 1. The Morgan fingerprint density at radius 3 is 2.58 bits per heavy atom. The molecule has 0 fully saturated rings. The average molecular weight is 477 g/mol.